The summed E-state index contributed by atoms with van der Waals surface area (Å²) in [4.78, 5) is 11.8. The fourth-order valence-corrected chi connectivity index (χ4v) is 4.42. The van der Waals surface area contributed by atoms with Crippen molar-refractivity contribution in [1.82, 2.24) is 0 Å². The molecule has 2 heterocycles. The lowest BCUT2D eigenvalue weighted by Crippen LogP contribution is -2.37. The first-order chi connectivity index (χ1) is 8.52. The molecule has 0 aromatic heterocycles. The van der Waals surface area contributed by atoms with Gasteiger partial charge < -0.3 is 9.47 Å². The number of allylic oxidation sites excluding steroid dienone is 1. The molecular formula is C15H18O3. The molecule has 0 amide bonds. The van der Waals surface area contributed by atoms with Gasteiger partial charge in [-0.1, -0.05) is 18.7 Å². The summed E-state index contributed by atoms with van der Waals surface area (Å²) in [6, 6.07) is 0. The van der Waals surface area contributed by atoms with E-state index >= 15 is 0 Å². The largest absolute Gasteiger partial charge is 0.458 e. The van der Waals surface area contributed by atoms with E-state index < -0.39 is 0 Å². The molecule has 6 atom stereocenters. The highest BCUT2D eigenvalue weighted by Gasteiger charge is 2.70. The van der Waals surface area contributed by atoms with Gasteiger partial charge in [-0.05, 0) is 32.1 Å². The van der Waals surface area contributed by atoms with Crippen LogP contribution < -0.4 is 0 Å². The Morgan fingerprint density at radius 2 is 2.11 bits per heavy atom. The van der Waals surface area contributed by atoms with Crippen molar-refractivity contribution >= 4 is 5.97 Å². The molecule has 4 fully saturated rings. The Morgan fingerprint density at radius 1 is 1.33 bits per heavy atom. The number of ether oxygens (including phenoxy) is 2. The van der Waals surface area contributed by atoms with Gasteiger partial charge in [0.1, 0.15) is 6.10 Å². The second-order valence-electron chi connectivity index (χ2n) is 6.36. The highest BCUT2D eigenvalue weighted by molar-refractivity contribution is 5.90. The second-order valence-corrected chi connectivity index (χ2v) is 6.36. The summed E-state index contributed by atoms with van der Waals surface area (Å²) in [5.74, 6) is 0.709. The molecule has 4 rings (SSSR count). The van der Waals surface area contributed by atoms with Gasteiger partial charge in [-0.25, -0.2) is 4.79 Å². The van der Waals surface area contributed by atoms with Gasteiger partial charge in [0.05, 0.1) is 11.7 Å². The fraction of sp³-hybridized carbons (Fsp3) is 0.667. The quantitative estimate of drug-likeness (QED) is 0.285. The smallest absolute Gasteiger partial charge is 0.334 e. The lowest BCUT2D eigenvalue weighted by Gasteiger charge is -2.30. The number of carbonyl (C=O) groups is 1. The van der Waals surface area contributed by atoms with E-state index in [-0.39, 0.29) is 29.5 Å². The van der Waals surface area contributed by atoms with Gasteiger partial charge in [-0.15, -0.1) is 0 Å². The molecule has 3 heteroatoms. The van der Waals surface area contributed by atoms with E-state index in [0.717, 1.165) is 19.3 Å². The Morgan fingerprint density at radius 3 is 2.89 bits per heavy atom. The number of esters is 1. The van der Waals surface area contributed by atoms with E-state index in [1.165, 1.54) is 5.57 Å². The molecule has 2 aliphatic carbocycles. The third kappa shape index (κ3) is 1.11. The average Bonchev–Trinajstić information content (AvgIpc) is 2.82. The first-order valence-corrected chi connectivity index (χ1v) is 6.77. The molecule has 0 N–H and O–H groups in total. The summed E-state index contributed by atoms with van der Waals surface area (Å²) in [6.07, 6.45) is 3.29. The minimum absolute atomic E-state index is 0.0354. The molecule has 4 aliphatic rings. The van der Waals surface area contributed by atoms with Crippen LogP contribution in [0.3, 0.4) is 0 Å². The van der Waals surface area contributed by atoms with E-state index in [0.29, 0.717) is 17.6 Å². The number of epoxide rings is 1. The Labute approximate surface area is 107 Å². The monoisotopic (exact) mass is 246 g/mol. The van der Waals surface area contributed by atoms with Crippen molar-refractivity contribution in [3.63, 3.8) is 0 Å². The first-order valence-electron chi connectivity index (χ1n) is 6.77. The minimum Gasteiger partial charge on any atom is -0.458 e. The van der Waals surface area contributed by atoms with Gasteiger partial charge >= 0.3 is 5.97 Å². The third-order valence-corrected chi connectivity index (χ3v) is 5.55. The molecule has 2 saturated carbocycles. The van der Waals surface area contributed by atoms with Crippen LogP contribution in [0, 0.1) is 17.8 Å². The Kier molecular flexibility index (Phi) is 1.85. The molecule has 0 spiro atoms. The lowest BCUT2D eigenvalue weighted by molar-refractivity contribution is -0.143. The third-order valence-electron chi connectivity index (χ3n) is 5.55. The molecule has 0 bridgehead atoms. The Bertz CT molecular complexity index is 480. The van der Waals surface area contributed by atoms with Crippen LogP contribution in [0.4, 0.5) is 0 Å². The van der Waals surface area contributed by atoms with Gasteiger partial charge in [-0.3, -0.25) is 0 Å². The van der Waals surface area contributed by atoms with Crippen molar-refractivity contribution < 1.29 is 14.3 Å². The van der Waals surface area contributed by atoms with Gasteiger partial charge in [-0.2, -0.15) is 0 Å². The summed E-state index contributed by atoms with van der Waals surface area (Å²) >= 11 is 0. The SMILES string of the molecule is C=C1C(=O)OC2C1CCC(=C)C1CC3OC3(C)C12. The highest BCUT2D eigenvalue weighted by Crippen LogP contribution is 2.63. The zero-order valence-corrected chi connectivity index (χ0v) is 10.6. The highest BCUT2D eigenvalue weighted by atomic mass is 16.6. The maximum absolute atomic E-state index is 11.8. The van der Waals surface area contributed by atoms with Gasteiger partial charge in [0, 0.05) is 17.4 Å². The molecule has 96 valence electrons. The van der Waals surface area contributed by atoms with E-state index in [9.17, 15) is 4.79 Å². The zero-order valence-electron chi connectivity index (χ0n) is 10.6. The van der Waals surface area contributed by atoms with Gasteiger partial charge in [0.25, 0.3) is 0 Å². The normalized spacial score (nSPS) is 53.4. The molecule has 2 aliphatic heterocycles. The maximum atomic E-state index is 11.8. The lowest BCUT2D eigenvalue weighted by atomic mass is 9.78. The van der Waals surface area contributed by atoms with Crippen LogP contribution in [0.1, 0.15) is 26.2 Å². The molecule has 0 radical (unpaired) electrons. The fourth-order valence-electron chi connectivity index (χ4n) is 4.42. The van der Waals surface area contributed by atoms with Crippen LogP contribution in [0.5, 0.6) is 0 Å². The standard InChI is InChI=1S/C15H18O3/c1-7-4-5-9-8(2)14(16)17-13(9)12-10(7)6-11-15(12,3)18-11/h9-13H,1-2,4-6H2,3H3. The molecule has 3 nitrogen and oxygen atoms in total. The van der Waals surface area contributed by atoms with Crippen LogP contribution in [0.15, 0.2) is 24.3 Å². The zero-order chi connectivity index (χ0) is 12.7. The van der Waals surface area contributed by atoms with Gasteiger partial charge in [0.2, 0.25) is 0 Å². The van der Waals surface area contributed by atoms with Crippen LogP contribution in [0.25, 0.3) is 0 Å². The van der Waals surface area contributed by atoms with Crippen LogP contribution in [-0.2, 0) is 14.3 Å². The van der Waals surface area contributed by atoms with Crippen molar-refractivity contribution in [3.05, 3.63) is 24.3 Å². The molecular weight excluding hydrogens is 228 g/mol. The van der Waals surface area contributed by atoms with Crippen molar-refractivity contribution in [3.8, 4) is 0 Å². The molecule has 0 aromatic rings. The Hall–Kier alpha value is -1.09. The van der Waals surface area contributed by atoms with Crippen molar-refractivity contribution in [2.45, 2.75) is 44.0 Å². The van der Waals surface area contributed by atoms with E-state index in [4.69, 9.17) is 9.47 Å². The van der Waals surface area contributed by atoms with Crippen LogP contribution in [0.2, 0.25) is 0 Å². The average molecular weight is 246 g/mol. The molecule has 2 saturated heterocycles. The predicted molar refractivity (Wildman–Crippen MR) is 65.8 cm³/mol. The number of fused-ring (bicyclic) bond motifs is 5. The maximum Gasteiger partial charge on any atom is 0.334 e. The van der Waals surface area contributed by atoms with E-state index in [2.05, 4.69) is 20.1 Å². The summed E-state index contributed by atoms with van der Waals surface area (Å²) in [5, 5.41) is 0. The van der Waals surface area contributed by atoms with Crippen LogP contribution in [-0.4, -0.2) is 23.8 Å². The van der Waals surface area contributed by atoms with Crippen LogP contribution >= 0.6 is 0 Å². The summed E-state index contributed by atoms with van der Waals surface area (Å²) in [6.45, 7) is 10.3. The number of rotatable bonds is 0. The molecule has 6 unspecified atom stereocenters. The van der Waals surface area contributed by atoms with Crippen molar-refractivity contribution in [2.24, 2.45) is 17.8 Å². The van der Waals surface area contributed by atoms with Crippen molar-refractivity contribution in [2.75, 3.05) is 0 Å². The molecule has 18 heavy (non-hydrogen) atoms. The summed E-state index contributed by atoms with van der Waals surface area (Å²) < 4.78 is 11.5. The van der Waals surface area contributed by atoms with E-state index in [1.54, 1.807) is 0 Å². The molecule has 0 aromatic carbocycles. The van der Waals surface area contributed by atoms with Crippen molar-refractivity contribution in [1.29, 1.82) is 0 Å². The van der Waals surface area contributed by atoms with Gasteiger partial charge in [0.15, 0.2) is 0 Å². The summed E-state index contributed by atoms with van der Waals surface area (Å²) in [5.41, 5.74) is 1.88. The topological polar surface area (TPSA) is 38.8 Å². The van der Waals surface area contributed by atoms with E-state index in [1.807, 2.05) is 0 Å². The minimum atomic E-state index is -0.205. The number of carbonyl (C=O) groups excluding carboxylic acids is 1. The second kappa shape index (κ2) is 3.08. The first kappa shape index (κ1) is 10.8. The predicted octanol–water partition coefficient (Wildman–Crippen LogP) is 2.23. The summed E-state index contributed by atoms with van der Waals surface area (Å²) in [7, 11) is 0. The number of hydrogen-bond acceptors (Lipinski definition) is 3. The number of hydrogen-bond donors (Lipinski definition) is 0. The Balaban J connectivity index is 1.77.